The number of aromatic nitrogens is 4. The summed E-state index contributed by atoms with van der Waals surface area (Å²) in [6, 6.07) is 11.7. The van der Waals surface area contributed by atoms with Gasteiger partial charge in [0.15, 0.2) is 0 Å². The van der Waals surface area contributed by atoms with Crippen LogP contribution in [0.4, 0.5) is 0 Å². The molecule has 5 aliphatic rings. The van der Waals surface area contributed by atoms with Crippen LogP contribution in [0.1, 0.15) is 109 Å². The lowest BCUT2D eigenvalue weighted by Crippen LogP contribution is -2.54. The average Bonchev–Trinajstić information content (AvgIpc) is 4.16. The highest BCUT2D eigenvalue weighted by molar-refractivity contribution is 7.00. The summed E-state index contributed by atoms with van der Waals surface area (Å²) < 4.78 is 20.7. The SMILES string of the molecule is CC(=O)C[C@H](C(=O)N1[C@@H](C)CC[C@H]1C1=NC=C(c2ccc(-c3ccc(-c4cnc([C@@H]5CC[C@H](C)N5C(=O)[C@@H](NC(C)=O)C5CCOCC5)[nH]4)cc3)c3nsnc23)C1)C1CCOCC1. The van der Waals surface area contributed by atoms with Crippen molar-refractivity contribution in [3.05, 3.63) is 60.2 Å². The first-order valence-electron chi connectivity index (χ1n) is 22.8. The van der Waals surface area contributed by atoms with Crippen LogP contribution in [0.2, 0.25) is 0 Å². The number of nitrogens with one attached hydrogen (secondary N) is 2. The molecule has 0 unspecified atom stereocenters. The Bertz CT molecular complexity index is 2410. The van der Waals surface area contributed by atoms with E-state index in [0.29, 0.717) is 32.8 Å². The van der Waals surface area contributed by atoms with E-state index < -0.39 is 6.04 Å². The molecule has 9 rings (SSSR count). The number of hydrogen-bond donors (Lipinski definition) is 2. The van der Waals surface area contributed by atoms with Crippen LogP contribution in [0.3, 0.4) is 0 Å². The minimum absolute atomic E-state index is 0.0197. The Morgan fingerprint density at radius 3 is 2.03 bits per heavy atom. The standard InChI is InChI=1S/C48H58N8O6S/c1-27-5-13-41(55(27)47(59)38(23-29(3)57)32-15-19-61-20-16-32)39-24-35(25-49-39)37-12-11-36(44-45(37)54-63-53-44)31-7-9-33(10-8-31)40-26-50-46(52-40)42-14-6-28(2)56(42)48(60)43(51-30(4)58)34-17-21-62-22-18-34/h7-12,25-28,32,34,38,41-43H,5-6,13-24H2,1-4H3,(H,50,52)(H,51,58)/t27-,28-,38-,41-,42-,43-/m0/s1. The number of aliphatic imine (C=N–C) groups is 1. The van der Waals surface area contributed by atoms with Crippen LogP contribution in [0, 0.1) is 17.8 Å². The van der Waals surface area contributed by atoms with Crippen LogP contribution in [0.15, 0.2) is 53.8 Å². The molecule has 0 saturated carbocycles. The number of Topliss-reactive ketones (excluding diaryl/α,β-unsaturated/α-hetero) is 1. The topological polar surface area (TPSA) is 172 Å². The van der Waals surface area contributed by atoms with Gasteiger partial charge in [0.2, 0.25) is 17.7 Å². The Balaban J connectivity index is 0.890. The molecule has 14 nitrogen and oxygen atoms in total. The molecular formula is C48H58N8O6S. The second-order valence-corrected chi connectivity index (χ2v) is 18.8. The normalized spacial score (nSPS) is 24.4. The van der Waals surface area contributed by atoms with Crippen molar-refractivity contribution < 1.29 is 28.7 Å². The smallest absolute Gasteiger partial charge is 0.246 e. The van der Waals surface area contributed by atoms with E-state index in [4.69, 9.17) is 28.2 Å². The highest BCUT2D eigenvalue weighted by Crippen LogP contribution is 2.41. The molecule has 2 aromatic carbocycles. The Morgan fingerprint density at radius 2 is 1.37 bits per heavy atom. The Morgan fingerprint density at radius 1 is 0.762 bits per heavy atom. The molecule has 2 N–H and O–H groups in total. The van der Waals surface area contributed by atoms with Crippen LogP contribution < -0.4 is 5.32 Å². The maximum atomic E-state index is 14.3. The monoisotopic (exact) mass is 874 g/mol. The van der Waals surface area contributed by atoms with Gasteiger partial charge >= 0.3 is 0 Å². The van der Waals surface area contributed by atoms with Gasteiger partial charge in [-0.2, -0.15) is 8.75 Å². The molecule has 7 heterocycles. The van der Waals surface area contributed by atoms with Crippen molar-refractivity contribution in [1.29, 1.82) is 0 Å². The number of allylic oxidation sites excluding steroid dienone is 1. The van der Waals surface area contributed by atoms with Gasteiger partial charge in [-0.3, -0.25) is 19.4 Å². The molecule has 0 aliphatic carbocycles. The van der Waals surface area contributed by atoms with Crippen LogP contribution in [-0.4, -0.2) is 108 Å². The molecule has 6 atom stereocenters. The van der Waals surface area contributed by atoms with Crippen LogP contribution in [0.25, 0.3) is 39.0 Å². The lowest BCUT2D eigenvalue weighted by Gasteiger charge is -2.36. The number of nitrogens with zero attached hydrogens (tertiary/aromatic N) is 6. The number of H-pyrrole nitrogens is 1. The molecule has 332 valence electrons. The number of likely N-dealkylation sites (tertiary alicyclic amines) is 2. The Labute approximate surface area is 372 Å². The summed E-state index contributed by atoms with van der Waals surface area (Å²) >= 11 is 1.19. The molecule has 5 aliphatic heterocycles. The molecule has 4 aromatic rings. The molecule has 3 amide bonds. The van der Waals surface area contributed by atoms with Crippen molar-refractivity contribution in [2.75, 3.05) is 26.4 Å². The highest BCUT2D eigenvalue weighted by Gasteiger charge is 2.44. The number of amides is 3. The van der Waals surface area contributed by atoms with Crippen molar-refractivity contribution in [2.24, 2.45) is 22.7 Å². The Kier molecular flexibility index (Phi) is 12.7. The van der Waals surface area contributed by atoms with Gasteiger partial charge in [0.1, 0.15) is 28.7 Å². The van der Waals surface area contributed by atoms with Gasteiger partial charge in [0.25, 0.3) is 0 Å². The molecule has 0 radical (unpaired) electrons. The predicted octanol–water partition coefficient (Wildman–Crippen LogP) is 7.32. The fourth-order valence-corrected chi connectivity index (χ4v) is 11.4. The Hall–Kier alpha value is -5.12. The minimum atomic E-state index is -0.588. The second-order valence-electron chi connectivity index (χ2n) is 18.3. The van der Waals surface area contributed by atoms with E-state index in [2.05, 4.69) is 60.5 Å². The van der Waals surface area contributed by atoms with Crippen molar-refractivity contribution in [2.45, 2.75) is 122 Å². The van der Waals surface area contributed by atoms with E-state index in [1.165, 1.54) is 18.7 Å². The number of ketones is 1. The summed E-state index contributed by atoms with van der Waals surface area (Å²) in [6.07, 6.45) is 11.1. The number of ether oxygens (including phenoxy) is 2. The number of hydrogen-bond acceptors (Lipinski definition) is 11. The molecule has 2 aromatic heterocycles. The number of aromatic amines is 1. The number of fused-ring (bicyclic) bond motifs is 1. The highest BCUT2D eigenvalue weighted by atomic mass is 32.1. The lowest BCUT2D eigenvalue weighted by molar-refractivity contribution is -0.142. The minimum Gasteiger partial charge on any atom is -0.381 e. The van der Waals surface area contributed by atoms with Gasteiger partial charge in [-0.1, -0.05) is 36.4 Å². The van der Waals surface area contributed by atoms with E-state index >= 15 is 0 Å². The van der Waals surface area contributed by atoms with E-state index in [1.807, 2.05) is 22.2 Å². The molecular weight excluding hydrogens is 817 g/mol. The number of carbonyl (C=O) groups excluding carboxylic acids is 4. The zero-order valence-corrected chi connectivity index (χ0v) is 37.5. The first-order valence-corrected chi connectivity index (χ1v) is 23.5. The molecule has 63 heavy (non-hydrogen) atoms. The van der Waals surface area contributed by atoms with Gasteiger partial charge < -0.3 is 34.4 Å². The quantitative estimate of drug-likeness (QED) is 0.148. The summed E-state index contributed by atoms with van der Waals surface area (Å²) in [5.74, 6) is 0.474. The van der Waals surface area contributed by atoms with Crippen LogP contribution >= 0.6 is 11.7 Å². The van der Waals surface area contributed by atoms with Gasteiger partial charge in [-0.25, -0.2) is 4.98 Å². The summed E-state index contributed by atoms with van der Waals surface area (Å²) in [6.45, 7) is 9.70. The maximum absolute atomic E-state index is 14.3. The second kappa shape index (κ2) is 18.5. The van der Waals surface area contributed by atoms with Crippen molar-refractivity contribution >= 4 is 57.6 Å². The van der Waals surface area contributed by atoms with Gasteiger partial charge in [0, 0.05) is 87.2 Å². The lowest BCUT2D eigenvalue weighted by atomic mass is 9.81. The molecule has 4 fully saturated rings. The third-order valence-corrected chi connectivity index (χ3v) is 14.7. The van der Waals surface area contributed by atoms with Crippen molar-refractivity contribution in [3.8, 4) is 22.4 Å². The maximum Gasteiger partial charge on any atom is 0.246 e. The number of carbonyl (C=O) groups is 4. The number of imidazole rings is 1. The van der Waals surface area contributed by atoms with Crippen molar-refractivity contribution in [1.82, 2.24) is 33.8 Å². The first-order chi connectivity index (χ1) is 30.5. The first kappa shape index (κ1) is 43.1. The molecule has 0 bridgehead atoms. The third kappa shape index (κ3) is 8.76. The van der Waals surface area contributed by atoms with Crippen LogP contribution in [-0.2, 0) is 28.7 Å². The van der Waals surface area contributed by atoms with E-state index in [-0.39, 0.29) is 71.8 Å². The summed E-state index contributed by atoms with van der Waals surface area (Å²) in [7, 11) is 0. The summed E-state index contributed by atoms with van der Waals surface area (Å²) in [4.78, 5) is 70.4. The van der Waals surface area contributed by atoms with E-state index in [1.54, 1.807) is 6.92 Å². The average molecular weight is 875 g/mol. The van der Waals surface area contributed by atoms with Gasteiger partial charge in [0.05, 0.1) is 35.7 Å². The molecule has 4 saturated heterocycles. The largest absolute Gasteiger partial charge is 0.381 e. The fraction of sp³-hybridized carbons (Fsp3) is 0.542. The predicted molar refractivity (Wildman–Crippen MR) is 242 cm³/mol. The molecule has 15 heteroatoms. The van der Waals surface area contributed by atoms with E-state index in [0.717, 1.165) is 107 Å². The summed E-state index contributed by atoms with van der Waals surface area (Å²) in [5.41, 5.74) is 8.53. The zero-order chi connectivity index (χ0) is 43.8. The van der Waals surface area contributed by atoms with Crippen molar-refractivity contribution in [3.63, 3.8) is 0 Å². The molecule has 0 spiro atoms. The summed E-state index contributed by atoms with van der Waals surface area (Å²) in [5, 5.41) is 2.97. The zero-order valence-electron chi connectivity index (χ0n) is 36.7. The van der Waals surface area contributed by atoms with Gasteiger partial charge in [-0.15, -0.1) is 0 Å². The van der Waals surface area contributed by atoms with Crippen LogP contribution in [0.5, 0.6) is 0 Å². The fourth-order valence-electron chi connectivity index (χ4n) is 10.8. The number of rotatable bonds is 12. The third-order valence-electron chi connectivity index (χ3n) is 14.2. The van der Waals surface area contributed by atoms with Gasteiger partial charge in [-0.05, 0) is 101 Å². The van der Waals surface area contributed by atoms with E-state index in [9.17, 15) is 19.2 Å². The number of benzene rings is 2.